The SMILES string of the molecule is Cc1ccc(N(CCNS(C)(=O)=O)S(C)(=O)=O)cc1Cl. The summed E-state index contributed by atoms with van der Waals surface area (Å²) in [4.78, 5) is 0. The maximum absolute atomic E-state index is 11.8. The first-order chi connectivity index (χ1) is 9.00. The molecule has 9 heteroatoms. The van der Waals surface area contributed by atoms with Crippen molar-refractivity contribution in [3.05, 3.63) is 28.8 Å². The third-order valence-electron chi connectivity index (χ3n) is 2.52. The molecule has 0 unspecified atom stereocenters. The van der Waals surface area contributed by atoms with E-state index in [-0.39, 0.29) is 13.1 Å². The lowest BCUT2D eigenvalue weighted by atomic mass is 10.2. The van der Waals surface area contributed by atoms with Crippen LogP contribution in [0.4, 0.5) is 5.69 Å². The summed E-state index contributed by atoms with van der Waals surface area (Å²) < 4.78 is 48.9. The molecule has 0 atom stereocenters. The molecule has 20 heavy (non-hydrogen) atoms. The highest BCUT2D eigenvalue weighted by molar-refractivity contribution is 7.92. The van der Waals surface area contributed by atoms with Crippen LogP contribution >= 0.6 is 11.6 Å². The van der Waals surface area contributed by atoms with E-state index >= 15 is 0 Å². The highest BCUT2D eigenvalue weighted by Crippen LogP contribution is 2.24. The minimum atomic E-state index is -3.53. The Morgan fingerprint density at radius 3 is 2.25 bits per heavy atom. The third-order valence-corrected chi connectivity index (χ3v) is 4.85. The van der Waals surface area contributed by atoms with Gasteiger partial charge in [0.15, 0.2) is 0 Å². The van der Waals surface area contributed by atoms with E-state index in [4.69, 9.17) is 11.6 Å². The van der Waals surface area contributed by atoms with Crippen molar-refractivity contribution in [2.24, 2.45) is 0 Å². The standard InChI is InChI=1S/C11H17ClN2O4S2/c1-9-4-5-10(8-11(9)12)14(20(3,17)18)7-6-13-19(2,15)16/h4-5,8,13H,6-7H2,1-3H3. The van der Waals surface area contributed by atoms with Gasteiger partial charge in [-0.1, -0.05) is 17.7 Å². The van der Waals surface area contributed by atoms with Gasteiger partial charge in [-0.3, -0.25) is 4.31 Å². The minimum Gasteiger partial charge on any atom is -0.269 e. The fourth-order valence-corrected chi connectivity index (χ4v) is 3.11. The summed E-state index contributed by atoms with van der Waals surface area (Å²) in [5.74, 6) is 0. The Balaban J connectivity index is 2.99. The quantitative estimate of drug-likeness (QED) is 0.836. The number of sulfonamides is 2. The molecule has 1 aromatic carbocycles. The average Bonchev–Trinajstić information content (AvgIpc) is 2.25. The largest absolute Gasteiger partial charge is 0.269 e. The molecule has 0 aromatic heterocycles. The number of hydrogen-bond acceptors (Lipinski definition) is 4. The topological polar surface area (TPSA) is 83.6 Å². The molecule has 0 heterocycles. The van der Waals surface area contributed by atoms with Crippen LogP contribution in [0.2, 0.25) is 5.02 Å². The lowest BCUT2D eigenvalue weighted by Crippen LogP contribution is -2.37. The number of aryl methyl sites for hydroxylation is 1. The zero-order chi connectivity index (χ0) is 15.6. The fourth-order valence-electron chi connectivity index (χ4n) is 1.56. The molecule has 1 rings (SSSR count). The van der Waals surface area contributed by atoms with E-state index in [0.717, 1.165) is 22.4 Å². The predicted octanol–water partition coefficient (Wildman–Crippen LogP) is 0.964. The molecule has 1 N–H and O–H groups in total. The van der Waals surface area contributed by atoms with E-state index in [1.165, 1.54) is 0 Å². The van der Waals surface area contributed by atoms with E-state index in [2.05, 4.69) is 4.72 Å². The zero-order valence-electron chi connectivity index (χ0n) is 11.4. The molecule has 1 aromatic rings. The van der Waals surface area contributed by atoms with Crippen molar-refractivity contribution in [2.45, 2.75) is 6.92 Å². The van der Waals surface area contributed by atoms with Gasteiger partial charge in [-0.2, -0.15) is 0 Å². The summed E-state index contributed by atoms with van der Waals surface area (Å²) in [5, 5.41) is 0.451. The summed E-state index contributed by atoms with van der Waals surface area (Å²) in [5.41, 5.74) is 1.23. The Kier molecular flexibility index (Phi) is 5.42. The van der Waals surface area contributed by atoms with Gasteiger partial charge >= 0.3 is 0 Å². The van der Waals surface area contributed by atoms with Crippen molar-refractivity contribution in [3.63, 3.8) is 0 Å². The van der Waals surface area contributed by atoms with Crippen molar-refractivity contribution < 1.29 is 16.8 Å². The van der Waals surface area contributed by atoms with Gasteiger partial charge in [0.05, 0.1) is 18.2 Å². The summed E-state index contributed by atoms with van der Waals surface area (Å²) >= 11 is 5.98. The Morgan fingerprint density at radius 2 is 1.80 bits per heavy atom. The summed E-state index contributed by atoms with van der Waals surface area (Å²) in [6.45, 7) is 1.78. The molecule has 0 spiro atoms. The van der Waals surface area contributed by atoms with Gasteiger partial charge in [-0.15, -0.1) is 0 Å². The fraction of sp³-hybridized carbons (Fsp3) is 0.455. The maximum atomic E-state index is 11.8. The van der Waals surface area contributed by atoms with Crippen LogP contribution in [0.1, 0.15) is 5.56 Å². The molecule has 0 fully saturated rings. The second kappa shape index (κ2) is 6.30. The molecular weight excluding hydrogens is 324 g/mol. The van der Waals surface area contributed by atoms with Gasteiger partial charge in [0, 0.05) is 18.1 Å². The summed E-state index contributed by atoms with van der Waals surface area (Å²) in [7, 11) is -6.89. The lowest BCUT2D eigenvalue weighted by molar-refractivity contribution is 0.583. The van der Waals surface area contributed by atoms with Crippen LogP contribution < -0.4 is 9.03 Å². The molecule has 0 radical (unpaired) electrons. The van der Waals surface area contributed by atoms with Gasteiger partial charge in [0.25, 0.3) is 0 Å². The number of benzene rings is 1. The monoisotopic (exact) mass is 340 g/mol. The van der Waals surface area contributed by atoms with E-state index in [9.17, 15) is 16.8 Å². The first-order valence-corrected chi connectivity index (χ1v) is 9.81. The second-order valence-electron chi connectivity index (χ2n) is 4.44. The molecule has 0 saturated carbocycles. The van der Waals surface area contributed by atoms with Crippen molar-refractivity contribution in [1.29, 1.82) is 0 Å². The van der Waals surface area contributed by atoms with Crippen LogP contribution in [-0.4, -0.2) is 42.4 Å². The first-order valence-electron chi connectivity index (χ1n) is 5.69. The summed E-state index contributed by atoms with van der Waals surface area (Å²) in [6.07, 6.45) is 2.07. The highest BCUT2D eigenvalue weighted by atomic mass is 35.5. The Bertz CT molecular complexity index is 686. The molecule has 0 aliphatic heterocycles. The molecule has 0 saturated heterocycles. The number of nitrogens with one attached hydrogen (secondary N) is 1. The van der Waals surface area contributed by atoms with Crippen LogP contribution in [0.25, 0.3) is 0 Å². The van der Waals surface area contributed by atoms with Gasteiger partial charge in [-0.05, 0) is 24.6 Å². The maximum Gasteiger partial charge on any atom is 0.232 e. The van der Waals surface area contributed by atoms with Crippen LogP contribution in [0, 0.1) is 6.92 Å². The van der Waals surface area contributed by atoms with E-state index in [1.807, 2.05) is 6.92 Å². The average molecular weight is 341 g/mol. The van der Waals surface area contributed by atoms with Crippen LogP contribution in [0.5, 0.6) is 0 Å². The van der Waals surface area contributed by atoms with Crippen LogP contribution in [-0.2, 0) is 20.0 Å². The number of nitrogens with zero attached hydrogens (tertiary/aromatic N) is 1. The van der Waals surface area contributed by atoms with Gasteiger partial charge in [-0.25, -0.2) is 21.6 Å². The molecule has 114 valence electrons. The normalized spacial score (nSPS) is 12.4. The van der Waals surface area contributed by atoms with Crippen LogP contribution in [0.3, 0.4) is 0 Å². The van der Waals surface area contributed by atoms with Gasteiger partial charge < -0.3 is 0 Å². The third kappa shape index (κ3) is 5.28. The minimum absolute atomic E-state index is 0.00864. The number of hydrogen-bond donors (Lipinski definition) is 1. The smallest absolute Gasteiger partial charge is 0.232 e. The van der Waals surface area contributed by atoms with Crippen molar-refractivity contribution in [3.8, 4) is 0 Å². The van der Waals surface area contributed by atoms with E-state index in [1.54, 1.807) is 18.2 Å². The molecule has 0 amide bonds. The lowest BCUT2D eigenvalue weighted by Gasteiger charge is -2.22. The number of halogens is 1. The molecule has 0 bridgehead atoms. The van der Waals surface area contributed by atoms with E-state index < -0.39 is 20.0 Å². The Labute approximate surface area is 124 Å². The number of anilines is 1. The van der Waals surface area contributed by atoms with Gasteiger partial charge in [0.2, 0.25) is 20.0 Å². The molecule has 0 aliphatic rings. The van der Waals surface area contributed by atoms with Crippen LogP contribution in [0.15, 0.2) is 18.2 Å². The highest BCUT2D eigenvalue weighted by Gasteiger charge is 2.18. The van der Waals surface area contributed by atoms with Gasteiger partial charge in [0.1, 0.15) is 0 Å². The molecular formula is C11H17ClN2O4S2. The summed E-state index contributed by atoms with van der Waals surface area (Å²) in [6, 6.07) is 4.88. The Morgan fingerprint density at radius 1 is 1.20 bits per heavy atom. The molecule has 6 nitrogen and oxygen atoms in total. The van der Waals surface area contributed by atoms with Crippen molar-refractivity contribution in [1.82, 2.24) is 4.72 Å². The molecule has 0 aliphatic carbocycles. The first kappa shape index (κ1) is 17.2. The van der Waals surface area contributed by atoms with E-state index in [0.29, 0.717) is 10.7 Å². The zero-order valence-corrected chi connectivity index (χ0v) is 13.8. The van der Waals surface area contributed by atoms with Crippen molar-refractivity contribution in [2.75, 3.05) is 29.9 Å². The Hall–Kier alpha value is -0.830. The predicted molar refractivity (Wildman–Crippen MR) is 81.2 cm³/mol. The second-order valence-corrected chi connectivity index (χ2v) is 8.58. The number of rotatable bonds is 6. The van der Waals surface area contributed by atoms with Crippen molar-refractivity contribution >= 4 is 37.3 Å².